The minimum absolute atomic E-state index is 0.0631. The molecule has 0 saturated heterocycles. The Balaban J connectivity index is 2.20. The number of hydrogen-bond acceptors (Lipinski definition) is 3. The van der Waals surface area contributed by atoms with Crippen LogP contribution in [-0.2, 0) is 9.53 Å². The number of methoxy groups -OCH3 is 1. The summed E-state index contributed by atoms with van der Waals surface area (Å²) in [5, 5.41) is 2.88. The van der Waals surface area contributed by atoms with Gasteiger partial charge in [-0.05, 0) is 25.7 Å². The summed E-state index contributed by atoms with van der Waals surface area (Å²) in [6, 6.07) is 0.0776. The molecule has 0 spiro atoms. The highest BCUT2D eigenvalue weighted by Crippen LogP contribution is 2.37. The molecule has 1 saturated carbocycles. The van der Waals surface area contributed by atoms with Crippen molar-refractivity contribution < 1.29 is 9.53 Å². The van der Waals surface area contributed by atoms with Gasteiger partial charge in [-0.3, -0.25) is 4.79 Å². The van der Waals surface area contributed by atoms with Gasteiger partial charge < -0.3 is 15.8 Å². The largest absolute Gasteiger partial charge is 0.378 e. The molecule has 0 aromatic heterocycles. The average molecular weight is 228 g/mol. The number of hydrogen-bond donors (Lipinski definition) is 2. The monoisotopic (exact) mass is 228 g/mol. The SMILES string of the molecule is CCCC(N)CNC(=O)CC1(OC)CCC1. The number of ether oxygens (including phenoxy) is 1. The van der Waals surface area contributed by atoms with Crippen LogP contribution in [0.25, 0.3) is 0 Å². The number of nitrogens with two attached hydrogens (primary N) is 1. The van der Waals surface area contributed by atoms with Crippen molar-refractivity contribution >= 4 is 5.91 Å². The molecule has 1 rings (SSSR count). The lowest BCUT2D eigenvalue weighted by Gasteiger charge is -2.40. The van der Waals surface area contributed by atoms with Gasteiger partial charge in [-0.2, -0.15) is 0 Å². The third-order valence-electron chi connectivity index (χ3n) is 3.40. The molecule has 1 fully saturated rings. The van der Waals surface area contributed by atoms with Crippen molar-refractivity contribution in [2.75, 3.05) is 13.7 Å². The second kappa shape index (κ2) is 6.21. The van der Waals surface area contributed by atoms with E-state index in [1.165, 1.54) is 0 Å². The van der Waals surface area contributed by atoms with Crippen LogP contribution in [0.15, 0.2) is 0 Å². The molecule has 0 aromatic carbocycles. The first-order chi connectivity index (χ1) is 7.62. The van der Waals surface area contributed by atoms with Crippen molar-refractivity contribution in [3.8, 4) is 0 Å². The highest BCUT2D eigenvalue weighted by atomic mass is 16.5. The molecule has 0 aromatic rings. The lowest BCUT2D eigenvalue weighted by atomic mass is 9.77. The van der Waals surface area contributed by atoms with Crippen molar-refractivity contribution in [2.45, 2.75) is 57.1 Å². The van der Waals surface area contributed by atoms with Crippen LogP contribution in [0, 0.1) is 0 Å². The molecule has 0 bridgehead atoms. The van der Waals surface area contributed by atoms with Gasteiger partial charge in [-0.15, -0.1) is 0 Å². The van der Waals surface area contributed by atoms with Gasteiger partial charge in [0.25, 0.3) is 0 Å². The molecular formula is C12H24N2O2. The molecule has 0 radical (unpaired) electrons. The van der Waals surface area contributed by atoms with Gasteiger partial charge in [0.2, 0.25) is 5.91 Å². The molecule has 1 unspecified atom stereocenters. The molecule has 0 heterocycles. The highest BCUT2D eigenvalue weighted by molar-refractivity contribution is 5.77. The summed E-state index contributed by atoms with van der Waals surface area (Å²) in [6.45, 7) is 2.67. The highest BCUT2D eigenvalue weighted by Gasteiger charge is 2.38. The topological polar surface area (TPSA) is 64.3 Å². The van der Waals surface area contributed by atoms with Crippen LogP contribution >= 0.6 is 0 Å². The Labute approximate surface area is 97.9 Å². The fourth-order valence-corrected chi connectivity index (χ4v) is 2.10. The van der Waals surface area contributed by atoms with Gasteiger partial charge in [0.1, 0.15) is 0 Å². The van der Waals surface area contributed by atoms with Crippen molar-refractivity contribution in [3.05, 3.63) is 0 Å². The van der Waals surface area contributed by atoms with E-state index in [1.807, 2.05) is 0 Å². The first-order valence-electron chi connectivity index (χ1n) is 6.19. The number of carbonyl (C=O) groups is 1. The standard InChI is InChI=1S/C12H24N2O2/c1-3-5-10(13)9-14-11(15)8-12(16-2)6-4-7-12/h10H,3-9,13H2,1-2H3,(H,14,15). The maximum Gasteiger partial charge on any atom is 0.222 e. The summed E-state index contributed by atoms with van der Waals surface area (Å²) in [5.41, 5.74) is 5.65. The van der Waals surface area contributed by atoms with E-state index in [4.69, 9.17) is 10.5 Å². The first kappa shape index (κ1) is 13.5. The smallest absolute Gasteiger partial charge is 0.222 e. The van der Waals surface area contributed by atoms with E-state index < -0.39 is 0 Å². The predicted molar refractivity (Wildman–Crippen MR) is 64.1 cm³/mol. The predicted octanol–water partition coefficient (Wildman–Crippen LogP) is 1.19. The van der Waals surface area contributed by atoms with E-state index in [1.54, 1.807) is 7.11 Å². The van der Waals surface area contributed by atoms with E-state index >= 15 is 0 Å². The Morgan fingerprint density at radius 1 is 1.56 bits per heavy atom. The fraction of sp³-hybridized carbons (Fsp3) is 0.917. The lowest BCUT2D eigenvalue weighted by Crippen LogP contribution is -2.45. The molecule has 3 N–H and O–H groups in total. The summed E-state index contributed by atoms with van der Waals surface area (Å²) in [4.78, 5) is 11.7. The Hall–Kier alpha value is -0.610. The van der Waals surface area contributed by atoms with Crippen LogP contribution in [-0.4, -0.2) is 31.2 Å². The normalized spacial score (nSPS) is 19.9. The van der Waals surface area contributed by atoms with Crippen LogP contribution in [0.2, 0.25) is 0 Å². The average Bonchev–Trinajstić information content (AvgIpc) is 2.21. The molecular weight excluding hydrogens is 204 g/mol. The minimum atomic E-state index is -0.182. The third kappa shape index (κ3) is 3.76. The molecule has 4 heteroatoms. The number of amides is 1. The zero-order valence-electron chi connectivity index (χ0n) is 10.4. The summed E-state index contributed by atoms with van der Waals surface area (Å²) >= 11 is 0. The Morgan fingerprint density at radius 3 is 2.69 bits per heavy atom. The number of nitrogens with one attached hydrogen (secondary N) is 1. The number of carbonyl (C=O) groups excluding carboxylic acids is 1. The molecule has 1 atom stereocenters. The Morgan fingerprint density at radius 2 is 2.25 bits per heavy atom. The van der Waals surface area contributed by atoms with Crippen LogP contribution < -0.4 is 11.1 Å². The lowest BCUT2D eigenvalue weighted by molar-refractivity contribution is -0.134. The van der Waals surface area contributed by atoms with Gasteiger partial charge in [0, 0.05) is 19.7 Å². The summed E-state index contributed by atoms with van der Waals surface area (Å²) in [6.07, 6.45) is 5.64. The molecule has 94 valence electrons. The number of rotatable bonds is 7. The van der Waals surface area contributed by atoms with E-state index in [2.05, 4.69) is 12.2 Å². The maximum atomic E-state index is 11.7. The van der Waals surface area contributed by atoms with E-state index in [0.29, 0.717) is 13.0 Å². The zero-order valence-corrected chi connectivity index (χ0v) is 10.4. The van der Waals surface area contributed by atoms with Gasteiger partial charge in [0.05, 0.1) is 12.0 Å². The summed E-state index contributed by atoms with van der Waals surface area (Å²) < 4.78 is 5.41. The fourth-order valence-electron chi connectivity index (χ4n) is 2.10. The molecule has 1 aliphatic rings. The Kier molecular flexibility index (Phi) is 5.22. The molecule has 0 aliphatic heterocycles. The Bertz CT molecular complexity index is 222. The molecule has 1 aliphatic carbocycles. The molecule has 16 heavy (non-hydrogen) atoms. The quantitative estimate of drug-likeness (QED) is 0.688. The minimum Gasteiger partial charge on any atom is -0.378 e. The second-order valence-corrected chi connectivity index (χ2v) is 4.77. The molecule has 4 nitrogen and oxygen atoms in total. The van der Waals surface area contributed by atoms with Crippen LogP contribution in [0.4, 0.5) is 0 Å². The van der Waals surface area contributed by atoms with Crippen LogP contribution in [0.3, 0.4) is 0 Å². The van der Waals surface area contributed by atoms with E-state index in [9.17, 15) is 4.79 Å². The van der Waals surface area contributed by atoms with Crippen molar-refractivity contribution in [3.63, 3.8) is 0 Å². The van der Waals surface area contributed by atoms with Gasteiger partial charge in [-0.1, -0.05) is 13.3 Å². The third-order valence-corrected chi connectivity index (χ3v) is 3.40. The molecule has 1 amide bonds. The van der Waals surface area contributed by atoms with E-state index in [0.717, 1.165) is 32.1 Å². The van der Waals surface area contributed by atoms with Gasteiger partial charge in [-0.25, -0.2) is 0 Å². The van der Waals surface area contributed by atoms with E-state index in [-0.39, 0.29) is 17.6 Å². The van der Waals surface area contributed by atoms with Gasteiger partial charge in [0.15, 0.2) is 0 Å². The van der Waals surface area contributed by atoms with Crippen LogP contribution in [0.5, 0.6) is 0 Å². The zero-order chi connectivity index (χ0) is 12.0. The van der Waals surface area contributed by atoms with Crippen LogP contribution in [0.1, 0.15) is 45.4 Å². The van der Waals surface area contributed by atoms with Gasteiger partial charge >= 0.3 is 0 Å². The summed E-state index contributed by atoms with van der Waals surface area (Å²) in [5.74, 6) is 0.0631. The first-order valence-corrected chi connectivity index (χ1v) is 6.19. The van der Waals surface area contributed by atoms with Crippen molar-refractivity contribution in [1.82, 2.24) is 5.32 Å². The van der Waals surface area contributed by atoms with Crippen molar-refractivity contribution in [2.24, 2.45) is 5.73 Å². The second-order valence-electron chi connectivity index (χ2n) is 4.77. The van der Waals surface area contributed by atoms with Crippen molar-refractivity contribution in [1.29, 1.82) is 0 Å². The summed E-state index contributed by atoms with van der Waals surface area (Å²) in [7, 11) is 1.69. The maximum absolute atomic E-state index is 11.7.